The molecule has 3 aliphatic carbocycles. The van der Waals surface area contributed by atoms with Gasteiger partial charge in [0, 0.05) is 16.4 Å². The molecule has 3 atom stereocenters. The first-order valence-electron chi connectivity index (χ1n) is 13.8. The highest BCUT2D eigenvalue weighted by Gasteiger charge is 2.43. The van der Waals surface area contributed by atoms with Crippen molar-refractivity contribution in [1.29, 1.82) is 0 Å². The van der Waals surface area contributed by atoms with E-state index in [2.05, 4.69) is 70.2 Å². The molecule has 0 heterocycles. The van der Waals surface area contributed by atoms with Gasteiger partial charge < -0.3 is 9.47 Å². The monoisotopic (exact) mass is 500 g/mol. The van der Waals surface area contributed by atoms with E-state index < -0.39 is 0 Å². The van der Waals surface area contributed by atoms with E-state index >= 15 is 0 Å². The zero-order valence-electron chi connectivity index (χ0n) is 21.8. The SMILES string of the molecule is CC(C)Oc1cccc(OC(C)C)c1C1C=CC=CC1(PC1CCCCC1)PC1CCCCC1. The zero-order valence-corrected chi connectivity index (χ0v) is 23.8. The molecule has 2 nitrogen and oxygen atoms in total. The van der Waals surface area contributed by atoms with Gasteiger partial charge in [-0.25, -0.2) is 0 Å². The molecule has 1 aromatic rings. The van der Waals surface area contributed by atoms with Crippen LogP contribution in [0.25, 0.3) is 0 Å². The summed E-state index contributed by atoms with van der Waals surface area (Å²) in [4.78, 5) is 0.199. The summed E-state index contributed by atoms with van der Waals surface area (Å²) >= 11 is 0. The highest BCUT2D eigenvalue weighted by atomic mass is 31.1. The molecule has 4 rings (SSSR count). The normalized spacial score (nSPS) is 27.1. The maximum Gasteiger partial charge on any atom is 0.127 e. The van der Waals surface area contributed by atoms with E-state index in [4.69, 9.17) is 9.47 Å². The molecule has 0 saturated heterocycles. The van der Waals surface area contributed by atoms with Gasteiger partial charge in [-0.05, 0) is 76.8 Å². The minimum atomic E-state index is 0.146. The number of hydrogen-bond acceptors (Lipinski definition) is 2. The van der Waals surface area contributed by atoms with Crippen molar-refractivity contribution in [1.82, 2.24) is 0 Å². The number of allylic oxidation sites excluding steroid dienone is 4. The van der Waals surface area contributed by atoms with Gasteiger partial charge in [-0.3, -0.25) is 0 Å². The third-order valence-electron chi connectivity index (χ3n) is 7.42. The Morgan fingerprint density at radius 2 is 1.24 bits per heavy atom. The van der Waals surface area contributed by atoms with Gasteiger partial charge in [-0.15, -0.1) is 17.2 Å². The maximum absolute atomic E-state index is 6.46. The van der Waals surface area contributed by atoms with Gasteiger partial charge in [0.1, 0.15) is 11.5 Å². The average Bonchev–Trinajstić information content (AvgIpc) is 2.81. The van der Waals surface area contributed by atoms with Crippen molar-refractivity contribution in [2.45, 2.75) is 126 Å². The lowest BCUT2D eigenvalue weighted by Gasteiger charge is -2.45. The Kier molecular flexibility index (Phi) is 9.57. The maximum atomic E-state index is 6.46. The van der Waals surface area contributed by atoms with Crippen LogP contribution in [-0.4, -0.2) is 28.4 Å². The van der Waals surface area contributed by atoms with Crippen LogP contribution in [-0.2, 0) is 0 Å². The summed E-state index contributed by atoms with van der Waals surface area (Å²) in [5.41, 5.74) is 3.03. The third kappa shape index (κ3) is 6.68. The van der Waals surface area contributed by atoms with Crippen LogP contribution < -0.4 is 9.47 Å². The van der Waals surface area contributed by atoms with Gasteiger partial charge in [0.25, 0.3) is 0 Å². The average molecular weight is 501 g/mol. The van der Waals surface area contributed by atoms with Crippen molar-refractivity contribution >= 4 is 17.2 Å². The van der Waals surface area contributed by atoms with Gasteiger partial charge in [0.15, 0.2) is 0 Å². The Labute approximate surface area is 212 Å². The van der Waals surface area contributed by atoms with Gasteiger partial charge in [0.2, 0.25) is 0 Å². The topological polar surface area (TPSA) is 18.5 Å². The standard InChI is InChI=1S/C30H46O2P2/c1-22(2)31-27-19-13-20-28(32-23(3)4)29(27)26-18-11-12-21-30(26,33-24-14-7-5-8-15-24)34-25-16-9-6-10-17-25/h11-13,18-26,33-34H,5-10,14-17H2,1-4H3. The fraction of sp³-hybridized carbons (Fsp3) is 0.667. The second kappa shape index (κ2) is 12.4. The minimum Gasteiger partial charge on any atom is -0.491 e. The Hall–Kier alpha value is -0.840. The Balaban J connectivity index is 1.77. The molecule has 0 radical (unpaired) electrons. The molecule has 0 aliphatic heterocycles. The van der Waals surface area contributed by atoms with Crippen LogP contribution in [0.2, 0.25) is 0 Å². The van der Waals surface area contributed by atoms with Crippen LogP contribution in [0.3, 0.4) is 0 Å². The fourth-order valence-electron chi connectivity index (χ4n) is 5.99. The lowest BCUT2D eigenvalue weighted by molar-refractivity contribution is 0.223. The molecule has 34 heavy (non-hydrogen) atoms. The largest absolute Gasteiger partial charge is 0.491 e. The molecule has 0 aromatic heterocycles. The molecule has 2 saturated carbocycles. The highest BCUT2D eigenvalue weighted by molar-refractivity contribution is 7.60. The molecule has 188 valence electrons. The molecule has 1 aromatic carbocycles. The summed E-state index contributed by atoms with van der Waals surface area (Å²) < 4.78 is 12.9. The quantitative estimate of drug-likeness (QED) is 0.315. The van der Waals surface area contributed by atoms with Crippen LogP contribution in [0.1, 0.15) is 103 Å². The van der Waals surface area contributed by atoms with E-state index in [1.807, 2.05) is 0 Å². The molecule has 0 amide bonds. The van der Waals surface area contributed by atoms with Crippen molar-refractivity contribution in [2.24, 2.45) is 0 Å². The Morgan fingerprint density at radius 3 is 1.71 bits per heavy atom. The van der Waals surface area contributed by atoms with Crippen molar-refractivity contribution in [3.8, 4) is 11.5 Å². The summed E-state index contributed by atoms with van der Waals surface area (Å²) in [6, 6.07) is 6.45. The second-order valence-corrected chi connectivity index (χ2v) is 15.4. The number of hydrogen-bond donors (Lipinski definition) is 0. The van der Waals surface area contributed by atoms with Gasteiger partial charge >= 0.3 is 0 Å². The predicted molar refractivity (Wildman–Crippen MR) is 152 cm³/mol. The van der Waals surface area contributed by atoms with Gasteiger partial charge in [0.05, 0.1) is 12.2 Å². The molecule has 0 N–H and O–H groups in total. The fourth-order valence-corrected chi connectivity index (χ4v) is 11.5. The molecule has 3 aliphatic rings. The van der Waals surface area contributed by atoms with Crippen LogP contribution >= 0.6 is 17.2 Å². The summed E-state index contributed by atoms with van der Waals surface area (Å²) in [5, 5.41) is 0. The molecule has 4 heteroatoms. The number of benzene rings is 1. The van der Waals surface area contributed by atoms with Crippen LogP contribution in [0.4, 0.5) is 0 Å². The summed E-state index contributed by atoms with van der Waals surface area (Å²) in [5.74, 6) is 2.36. The zero-order chi connectivity index (χ0) is 24.0. The van der Waals surface area contributed by atoms with E-state index in [9.17, 15) is 0 Å². The second-order valence-electron chi connectivity index (χ2n) is 11.1. The predicted octanol–water partition coefficient (Wildman–Crippen LogP) is 9.19. The Bertz CT molecular complexity index is 784. The molecule has 0 spiro atoms. The number of ether oxygens (including phenoxy) is 2. The lowest BCUT2D eigenvalue weighted by atomic mass is 9.89. The first-order chi connectivity index (χ1) is 16.5. The van der Waals surface area contributed by atoms with E-state index in [0.717, 1.165) is 40.0 Å². The Morgan fingerprint density at radius 1 is 0.735 bits per heavy atom. The summed E-state index contributed by atoms with van der Waals surface area (Å²) in [6.07, 6.45) is 24.2. The smallest absolute Gasteiger partial charge is 0.127 e. The lowest BCUT2D eigenvalue weighted by Crippen LogP contribution is -2.32. The van der Waals surface area contributed by atoms with Crippen LogP contribution in [0.5, 0.6) is 11.5 Å². The minimum absolute atomic E-state index is 0.146. The molecular formula is C30H46O2P2. The van der Waals surface area contributed by atoms with E-state index in [1.165, 1.54) is 69.8 Å². The number of rotatable bonds is 9. The first kappa shape index (κ1) is 26.2. The molecule has 2 fully saturated rings. The molecule has 3 unspecified atom stereocenters. The van der Waals surface area contributed by atoms with Gasteiger partial charge in [-0.1, -0.05) is 68.9 Å². The third-order valence-corrected chi connectivity index (χ3v) is 12.2. The van der Waals surface area contributed by atoms with E-state index in [-0.39, 0.29) is 17.1 Å². The van der Waals surface area contributed by atoms with Crippen molar-refractivity contribution in [2.75, 3.05) is 0 Å². The van der Waals surface area contributed by atoms with Gasteiger partial charge in [-0.2, -0.15) is 0 Å². The first-order valence-corrected chi connectivity index (χ1v) is 16.0. The highest BCUT2D eigenvalue weighted by Crippen LogP contribution is 2.65. The summed E-state index contributed by atoms with van der Waals surface area (Å²) in [7, 11) is 1.96. The molecular weight excluding hydrogens is 454 g/mol. The molecule has 0 bridgehead atoms. The van der Waals surface area contributed by atoms with Crippen LogP contribution in [0.15, 0.2) is 42.5 Å². The van der Waals surface area contributed by atoms with E-state index in [0.29, 0.717) is 5.92 Å². The summed E-state index contributed by atoms with van der Waals surface area (Å²) in [6.45, 7) is 8.54. The van der Waals surface area contributed by atoms with Crippen LogP contribution in [0, 0.1) is 0 Å². The van der Waals surface area contributed by atoms with Crippen molar-refractivity contribution in [3.05, 3.63) is 48.1 Å². The van der Waals surface area contributed by atoms with Crippen molar-refractivity contribution < 1.29 is 9.47 Å². The van der Waals surface area contributed by atoms with Crippen molar-refractivity contribution in [3.63, 3.8) is 0 Å². The van der Waals surface area contributed by atoms with E-state index in [1.54, 1.807) is 0 Å².